The van der Waals surface area contributed by atoms with Crippen LogP contribution in [0.5, 0.6) is 0 Å². The van der Waals surface area contributed by atoms with Crippen LogP contribution in [0.1, 0.15) is 36.5 Å². The molecule has 0 bridgehead atoms. The van der Waals surface area contributed by atoms with E-state index in [0.29, 0.717) is 25.2 Å². The van der Waals surface area contributed by atoms with Crippen LogP contribution >= 0.6 is 0 Å². The van der Waals surface area contributed by atoms with Gasteiger partial charge in [0.05, 0.1) is 6.61 Å². The van der Waals surface area contributed by atoms with E-state index in [9.17, 15) is 14.7 Å². The minimum Gasteiger partial charge on any atom is -0.395 e. The first-order valence-electron chi connectivity index (χ1n) is 13.0. The second-order valence-corrected chi connectivity index (χ2v) is 10.2. The summed E-state index contributed by atoms with van der Waals surface area (Å²) in [6.07, 6.45) is 8.74. The first kappa shape index (κ1) is 24.5. The molecular formula is C30H35N3O3. The Morgan fingerprint density at radius 2 is 1.75 bits per heavy atom. The Kier molecular flexibility index (Phi) is 7.08. The number of aliphatic hydroxyl groups excluding tert-OH is 1. The predicted octanol–water partition coefficient (Wildman–Crippen LogP) is 4.11. The van der Waals surface area contributed by atoms with Gasteiger partial charge in [0.1, 0.15) is 5.54 Å². The molecule has 3 amide bonds. The van der Waals surface area contributed by atoms with Crippen molar-refractivity contribution < 1.29 is 14.7 Å². The fourth-order valence-corrected chi connectivity index (χ4v) is 5.98. The van der Waals surface area contributed by atoms with Crippen molar-refractivity contribution in [3.63, 3.8) is 0 Å². The van der Waals surface area contributed by atoms with Crippen LogP contribution in [0.15, 0.2) is 72.9 Å². The van der Waals surface area contributed by atoms with Crippen molar-refractivity contribution >= 4 is 17.5 Å². The number of aliphatic hydroxyl groups is 1. The summed E-state index contributed by atoms with van der Waals surface area (Å²) in [6, 6.07) is 18.3. The largest absolute Gasteiger partial charge is 0.395 e. The number of piperidine rings is 1. The van der Waals surface area contributed by atoms with Gasteiger partial charge in [0.2, 0.25) is 0 Å². The van der Waals surface area contributed by atoms with E-state index in [-0.39, 0.29) is 25.1 Å². The van der Waals surface area contributed by atoms with Crippen LogP contribution in [0.3, 0.4) is 0 Å². The highest BCUT2D eigenvalue weighted by atomic mass is 16.3. The third-order valence-electron chi connectivity index (χ3n) is 7.81. The molecule has 2 aliphatic heterocycles. The number of allylic oxidation sites excluding steroid dienone is 2. The lowest BCUT2D eigenvalue weighted by atomic mass is 9.83. The number of amides is 3. The number of likely N-dealkylation sites (tertiary alicyclic amines) is 1. The summed E-state index contributed by atoms with van der Waals surface area (Å²) >= 11 is 0. The number of rotatable bonds is 7. The second kappa shape index (κ2) is 10.4. The van der Waals surface area contributed by atoms with Crippen LogP contribution in [0.25, 0.3) is 5.57 Å². The Bertz CT molecular complexity index is 1160. The summed E-state index contributed by atoms with van der Waals surface area (Å²) in [5, 5.41) is 9.68. The van der Waals surface area contributed by atoms with Crippen LogP contribution in [-0.2, 0) is 17.6 Å². The molecule has 1 aliphatic carbocycles. The normalized spacial score (nSPS) is 21.9. The number of urea groups is 1. The molecule has 6 heteroatoms. The van der Waals surface area contributed by atoms with Gasteiger partial charge in [-0.15, -0.1) is 0 Å². The van der Waals surface area contributed by atoms with Gasteiger partial charge < -0.3 is 10.0 Å². The number of fused-ring (bicyclic) bond motifs is 1. The molecule has 6 nitrogen and oxygen atoms in total. The Labute approximate surface area is 213 Å². The fourth-order valence-electron chi connectivity index (χ4n) is 5.98. The molecule has 1 atom stereocenters. The summed E-state index contributed by atoms with van der Waals surface area (Å²) in [4.78, 5) is 32.1. The standard InChI is InChI=1S/C30H35N3O3/c1-23-20-25-11-5-6-12-27(25)26(21-23)22-31-16-13-30(14-17-31)28(35)32(29(36)33(30)18-19-34)15-7-10-24-8-3-2-4-9-24/h2-9,11-12,15,21,23,34H,10,13-14,16-20,22H2,1H3/b15-7+. The Balaban J connectivity index is 1.29. The molecule has 188 valence electrons. The lowest BCUT2D eigenvalue weighted by molar-refractivity contribution is -0.134. The van der Waals surface area contributed by atoms with Gasteiger partial charge in [0.15, 0.2) is 0 Å². The van der Waals surface area contributed by atoms with Gasteiger partial charge in [-0.25, -0.2) is 9.69 Å². The Morgan fingerprint density at radius 3 is 2.50 bits per heavy atom. The second-order valence-electron chi connectivity index (χ2n) is 10.2. The molecule has 2 aromatic rings. The first-order valence-corrected chi connectivity index (χ1v) is 13.0. The van der Waals surface area contributed by atoms with Crippen LogP contribution in [0.4, 0.5) is 4.79 Å². The first-order chi connectivity index (χ1) is 17.5. The average Bonchev–Trinajstić information content (AvgIpc) is 3.07. The van der Waals surface area contributed by atoms with Gasteiger partial charge in [-0.3, -0.25) is 9.69 Å². The topological polar surface area (TPSA) is 64.1 Å². The van der Waals surface area contributed by atoms with Gasteiger partial charge >= 0.3 is 6.03 Å². The molecule has 36 heavy (non-hydrogen) atoms. The van der Waals surface area contributed by atoms with Crippen LogP contribution in [-0.4, -0.2) is 70.1 Å². The van der Waals surface area contributed by atoms with Gasteiger partial charge in [0.25, 0.3) is 5.91 Å². The average molecular weight is 486 g/mol. The number of carbonyl (C=O) groups is 2. The number of imide groups is 1. The summed E-state index contributed by atoms with van der Waals surface area (Å²) in [7, 11) is 0. The minimum atomic E-state index is -0.875. The summed E-state index contributed by atoms with van der Waals surface area (Å²) in [5.74, 6) is 0.345. The van der Waals surface area contributed by atoms with Crippen molar-refractivity contribution in [1.82, 2.24) is 14.7 Å². The lowest BCUT2D eigenvalue weighted by Gasteiger charge is -2.42. The zero-order chi connectivity index (χ0) is 25.1. The van der Waals surface area contributed by atoms with Gasteiger partial charge in [-0.1, -0.05) is 73.7 Å². The smallest absolute Gasteiger partial charge is 0.331 e. The molecule has 2 heterocycles. The zero-order valence-electron chi connectivity index (χ0n) is 21.0. The number of hydrogen-bond donors (Lipinski definition) is 1. The number of benzene rings is 2. The molecule has 5 rings (SSSR count). The van der Waals surface area contributed by atoms with E-state index in [1.54, 1.807) is 11.1 Å². The van der Waals surface area contributed by atoms with Crippen LogP contribution < -0.4 is 0 Å². The maximum Gasteiger partial charge on any atom is 0.331 e. The van der Waals surface area contributed by atoms with E-state index < -0.39 is 5.54 Å². The summed E-state index contributed by atoms with van der Waals surface area (Å²) in [5.41, 5.74) is 4.33. The maximum atomic E-state index is 13.6. The number of nitrogens with zero attached hydrogens (tertiary/aromatic N) is 3. The quantitative estimate of drug-likeness (QED) is 0.600. The van der Waals surface area contributed by atoms with E-state index in [1.165, 1.54) is 21.6 Å². The summed E-state index contributed by atoms with van der Waals surface area (Å²) in [6.45, 7) is 4.58. The molecule has 2 saturated heterocycles. The van der Waals surface area contributed by atoms with Crippen molar-refractivity contribution in [2.45, 2.75) is 38.1 Å². The minimum absolute atomic E-state index is 0.159. The van der Waals surface area contributed by atoms with Crippen LogP contribution in [0.2, 0.25) is 0 Å². The van der Waals surface area contributed by atoms with Crippen molar-refractivity contribution in [2.24, 2.45) is 5.92 Å². The molecule has 1 spiro atoms. The highest BCUT2D eigenvalue weighted by molar-refractivity contribution is 6.08. The monoisotopic (exact) mass is 485 g/mol. The molecule has 1 N–H and O–H groups in total. The fraction of sp³-hybridized carbons (Fsp3) is 0.400. The van der Waals surface area contributed by atoms with Gasteiger partial charge in [-0.2, -0.15) is 0 Å². The molecular weight excluding hydrogens is 450 g/mol. The van der Waals surface area contributed by atoms with E-state index in [1.807, 2.05) is 36.4 Å². The third kappa shape index (κ3) is 4.63. The Morgan fingerprint density at radius 1 is 1.03 bits per heavy atom. The summed E-state index contributed by atoms with van der Waals surface area (Å²) < 4.78 is 0. The van der Waals surface area contributed by atoms with E-state index in [2.05, 4.69) is 42.2 Å². The number of carbonyl (C=O) groups excluding carboxylic acids is 2. The van der Waals surface area contributed by atoms with E-state index >= 15 is 0 Å². The molecule has 0 radical (unpaired) electrons. The molecule has 0 aromatic heterocycles. The molecule has 0 saturated carbocycles. The number of hydrogen-bond acceptors (Lipinski definition) is 4. The zero-order valence-corrected chi connectivity index (χ0v) is 21.0. The molecule has 1 unspecified atom stereocenters. The Hall–Kier alpha value is -3.22. The van der Waals surface area contributed by atoms with Crippen LogP contribution in [0, 0.1) is 5.92 Å². The van der Waals surface area contributed by atoms with Crippen molar-refractivity contribution in [2.75, 3.05) is 32.8 Å². The lowest BCUT2D eigenvalue weighted by Crippen LogP contribution is -2.57. The molecule has 2 fully saturated rings. The SMILES string of the molecule is CC1C=C(CN2CCC3(CC2)C(=O)N(/C=C/Cc2ccccc2)C(=O)N3CCO)c2ccccc2C1. The van der Waals surface area contributed by atoms with Gasteiger partial charge in [-0.05, 0) is 53.9 Å². The molecule has 3 aliphatic rings. The number of β-amino-alcohol motifs (C(OH)–C–C–N with tert-alkyl or cyclic N) is 1. The predicted molar refractivity (Wildman–Crippen MR) is 141 cm³/mol. The van der Waals surface area contributed by atoms with E-state index in [4.69, 9.17) is 0 Å². The highest BCUT2D eigenvalue weighted by Crippen LogP contribution is 2.38. The maximum absolute atomic E-state index is 13.6. The van der Waals surface area contributed by atoms with E-state index in [0.717, 1.165) is 31.6 Å². The van der Waals surface area contributed by atoms with Crippen molar-refractivity contribution in [3.8, 4) is 0 Å². The third-order valence-corrected chi connectivity index (χ3v) is 7.81. The van der Waals surface area contributed by atoms with Gasteiger partial charge in [0, 0.05) is 32.4 Å². The molecule has 2 aromatic carbocycles. The van der Waals surface area contributed by atoms with Crippen molar-refractivity contribution in [3.05, 3.63) is 89.6 Å². The van der Waals surface area contributed by atoms with Crippen molar-refractivity contribution in [1.29, 1.82) is 0 Å². The highest BCUT2D eigenvalue weighted by Gasteiger charge is 2.57.